The van der Waals surface area contributed by atoms with E-state index in [1.54, 1.807) is 42.4 Å². The van der Waals surface area contributed by atoms with Gasteiger partial charge in [-0.15, -0.1) is 0 Å². The highest BCUT2D eigenvalue weighted by Gasteiger charge is 2.21. The molecule has 0 saturated carbocycles. The van der Waals surface area contributed by atoms with Crippen LogP contribution in [0.4, 0.5) is 23.1 Å². The van der Waals surface area contributed by atoms with Crippen molar-refractivity contribution in [2.24, 2.45) is 0 Å². The maximum Gasteiger partial charge on any atom is 0.329 e. The number of nitrogens with one attached hydrogen (secondary N) is 1. The van der Waals surface area contributed by atoms with Crippen LogP contribution >= 0.6 is 11.6 Å². The van der Waals surface area contributed by atoms with Crippen molar-refractivity contribution in [3.8, 4) is 0 Å². The second kappa shape index (κ2) is 7.75. The lowest BCUT2D eigenvalue weighted by molar-refractivity contribution is -0.384. The molecule has 26 heavy (non-hydrogen) atoms. The third-order valence-electron chi connectivity index (χ3n) is 3.53. The molecule has 0 aliphatic rings. The van der Waals surface area contributed by atoms with Gasteiger partial charge in [0, 0.05) is 24.0 Å². The minimum Gasteiger partial charge on any atom is -0.348 e. The van der Waals surface area contributed by atoms with Crippen LogP contribution in [0.1, 0.15) is 5.69 Å². The number of aromatic nitrogens is 3. The Balaban J connectivity index is 1.88. The van der Waals surface area contributed by atoms with Gasteiger partial charge in [0.05, 0.1) is 17.2 Å². The molecule has 8 nitrogen and oxygen atoms in total. The van der Waals surface area contributed by atoms with E-state index in [9.17, 15) is 10.1 Å². The highest BCUT2D eigenvalue weighted by molar-refractivity contribution is 6.30. The summed E-state index contributed by atoms with van der Waals surface area (Å²) in [7, 11) is 1.72. The summed E-state index contributed by atoms with van der Waals surface area (Å²) in [5.41, 5.74) is 1.32. The summed E-state index contributed by atoms with van der Waals surface area (Å²) in [6.45, 7) is 0.374. The van der Waals surface area contributed by atoms with Crippen molar-refractivity contribution in [1.82, 2.24) is 15.0 Å². The number of anilines is 3. The lowest BCUT2D eigenvalue weighted by Gasteiger charge is -2.18. The molecule has 3 rings (SSSR count). The van der Waals surface area contributed by atoms with Crippen LogP contribution in [0.25, 0.3) is 0 Å². The minimum atomic E-state index is -0.504. The monoisotopic (exact) mass is 370 g/mol. The number of benzene rings is 1. The van der Waals surface area contributed by atoms with Crippen molar-refractivity contribution in [1.29, 1.82) is 0 Å². The van der Waals surface area contributed by atoms with Gasteiger partial charge in [-0.2, -0.15) is 4.98 Å². The molecule has 1 N–H and O–H groups in total. The Morgan fingerprint density at radius 1 is 1.19 bits per heavy atom. The predicted octanol–water partition coefficient (Wildman–Crippen LogP) is 3.81. The van der Waals surface area contributed by atoms with E-state index in [1.165, 1.54) is 6.20 Å². The summed E-state index contributed by atoms with van der Waals surface area (Å²) in [4.78, 5) is 25.1. The van der Waals surface area contributed by atoms with Crippen molar-refractivity contribution in [2.45, 2.75) is 6.54 Å². The fourth-order valence-corrected chi connectivity index (χ4v) is 2.43. The van der Waals surface area contributed by atoms with Crippen LogP contribution in [-0.2, 0) is 6.54 Å². The first-order valence-corrected chi connectivity index (χ1v) is 8.06. The molecule has 0 saturated heterocycles. The molecule has 0 aliphatic carbocycles. The third-order valence-corrected chi connectivity index (χ3v) is 3.79. The molecule has 3 aromatic rings. The van der Waals surface area contributed by atoms with Crippen LogP contribution in [0.2, 0.25) is 5.02 Å². The van der Waals surface area contributed by atoms with Crippen LogP contribution in [0.3, 0.4) is 0 Å². The Labute approximate surface area is 154 Å². The van der Waals surface area contributed by atoms with E-state index >= 15 is 0 Å². The lowest BCUT2D eigenvalue weighted by Crippen LogP contribution is -2.20. The zero-order valence-electron chi connectivity index (χ0n) is 13.8. The standard InChI is InChI=1S/C17H15ClN6O2/c1-23(11-14-4-2-3-9-19-14)16-15(24(25)26)10-20-17(22-16)21-13-7-5-12(18)6-8-13/h2-10H,11H2,1H3,(H,20,21,22). The third kappa shape index (κ3) is 4.22. The average Bonchev–Trinajstić information content (AvgIpc) is 2.64. The van der Waals surface area contributed by atoms with Crippen molar-refractivity contribution in [3.05, 3.63) is 75.7 Å². The fourth-order valence-electron chi connectivity index (χ4n) is 2.31. The van der Waals surface area contributed by atoms with Gasteiger partial charge in [0.15, 0.2) is 0 Å². The molecular formula is C17H15ClN6O2. The summed E-state index contributed by atoms with van der Waals surface area (Å²) in [5, 5.41) is 15.0. The molecule has 0 unspecified atom stereocenters. The van der Waals surface area contributed by atoms with Crippen LogP contribution in [0.15, 0.2) is 54.9 Å². The molecule has 0 radical (unpaired) electrons. The van der Waals surface area contributed by atoms with Crippen molar-refractivity contribution in [2.75, 3.05) is 17.3 Å². The Morgan fingerprint density at radius 3 is 2.62 bits per heavy atom. The van der Waals surface area contributed by atoms with Gasteiger partial charge < -0.3 is 10.2 Å². The number of nitro groups is 1. The topological polar surface area (TPSA) is 97.1 Å². The van der Waals surface area contributed by atoms with Gasteiger partial charge in [-0.05, 0) is 36.4 Å². The first-order chi connectivity index (χ1) is 12.5. The van der Waals surface area contributed by atoms with Gasteiger partial charge in [-0.25, -0.2) is 4.98 Å². The number of pyridine rings is 1. The van der Waals surface area contributed by atoms with E-state index in [0.29, 0.717) is 11.6 Å². The minimum absolute atomic E-state index is 0.176. The van der Waals surface area contributed by atoms with E-state index in [-0.39, 0.29) is 17.5 Å². The number of hydrogen-bond donors (Lipinski definition) is 1. The summed E-state index contributed by atoms with van der Waals surface area (Å²) in [6, 6.07) is 12.5. The van der Waals surface area contributed by atoms with Crippen LogP contribution < -0.4 is 10.2 Å². The summed E-state index contributed by atoms with van der Waals surface area (Å²) in [5.74, 6) is 0.452. The number of rotatable bonds is 6. The zero-order chi connectivity index (χ0) is 18.5. The van der Waals surface area contributed by atoms with E-state index in [0.717, 1.165) is 11.4 Å². The van der Waals surface area contributed by atoms with Gasteiger partial charge in [-0.3, -0.25) is 15.1 Å². The molecule has 2 heterocycles. The second-order valence-corrected chi connectivity index (χ2v) is 5.91. The molecule has 0 spiro atoms. The van der Waals surface area contributed by atoms with E-state index < -0.39 is 4.92 Å². The van der Waals surface area contributed by atoms with E-state index in [2.05, 4.69) is 20.3 Å². The Kier molecular flexibility index (Phi) is 5.23. The molecule has 2 aromatic heterocycles. The quantitative estimate of drug-likeness (QED) is 0.520. The second-order valence-electron chi connectivity index (χ2n) is 5.47. The van der Waals surface area contributed by atoms with Gasteiger partial charge in [0.25, 0.3) is 0 Å². The molecule has 0 amide bonds. The van der Waals surface area contributed by atoms with Crippen LogP contribution in [0.5, 0.6) is 0 Å². The van der Waals surface area contributed by atoms with Gasteiger partial charge in [0.1, 0.15) is 6.20 Å². The fraction of sp³-hybridized carbons (Fsp3) is 0.118. The number of nitrogens with zero attached hydrogens (tertiary/aromatic N) is 5. The molecule has 0 atom stereocenters. The lowest BCUT2D eigenvalue weighted by atomic mass is 10.3. The molecule has 132 valence electrons. The van der Waals surface area contributed by atoms with E-state index in [1.807, 2.05) is 18.2 Å². The SMILES string of the molecule is CN(Cc1ccccn1)c1nc(Nc2ccc(Cl)cc2)ncc1[N+](=O)[O-]. The molecule has 9 heteroatoms. The average molecular weight is 371 g/mol. The first kappa shape index (κ1) is 17.6. The molecule has 0 bridgehead atoms. The van der Waals surface area contributed by atoms with Gasteiger partial charge >= 0.3 is 5.69 Å². The number of halogens is 1. The highest BCUT2D eigenvalue weighted by Crippen LogP contribution is 2.27. The maximum atomic E-state index is 11.3. The first-order valence-electron chi connectivity index (χ1n) is 7.68. The molecule has 0 aliphatic heterocycles. The van der Waals surface area contributed by atoms with E-state index in [4.69, 9.17) is 11.6 Å². The Bertz CT molecular complexity index is 905. The van der Waals surface area contributed by atoms with Gasteiger partial charge in [0.2, 0.25) is 11.8 Å². The maximum absolute atomic E-state index is 11.3. The summed E-state index contributed by atoms with van der Waals surface area (Å²) >= 11 is 5.87. The molecule has 1 aromatic carbocycles. The molecule has 0 fully saturated rings. The smallest absolute Gasteiger partial charge is 0.329 e. The van der Waals surface area contributed by atoms with Crippen molar-refractivity contribution >= 4 is 34.7 Å². The summed E-state index contributed by atoms with van der Waals surface area (Å²) in [6.07, 6.45) is 2.86. The Morgan fingerprint density at radius 2 is 1.96 bits per heavy atom. The Hall–Kier alpha value is -3.26. The predicted molar refractivity (Wildman–Crippen MR) is 99.8 cm³/mol. The number of hydrogen-bond acceptors (Lipinski definition) is 7. The highest BCUT2D eigenvalue weighted by atomic mass is 35.5. The van der Waals surface area contributed by atoms with Crippen molar-refractivity contribution in [3.63, 3.8) is 0 Å². The van der Waals surface area contributed by atoms with Crippen LogP contribution in [-0.4, -0.2) is 26.9 Å². The molecular weight excluding hydrogens is 356 g/mol. The largest absolute Gasteiger partial charge is 0.348 e. The summed E-state index contributed by atoms with van der Waals surface area (Å²) < 4.78 is 0. The van der Waals surface area contributed by atoms with Gasteiger partial charge in [-0.1, -0.05) is 17.7 Å². The van der Waals surface area contributed by atoms with Crippen LogP contribution in [0, 0.1) is 10.1 Å². The zero-order valence-corrected chi connectivity index (χ0v) is 14.6. The normalized spacial score (nSPS) is 10.4. The van der Waals surface area contributed by atoms with Crippen molar-refractivity contribution < 1.29 is 4.92 Å².